The minimum atomic E-state index is 0.403. The molecule has 1 aromatic carbocycles. The van der Waals surface area contributed by atoms with Gasteiger partial charge in [-0.3, -0.25) is 4.98 Å². The van der Waals surface area contributed by atoms with E-state index in [1.807, 2.05) is 29.6 Å². The molecule has 0 amide bonds. The molecule has 0 saturated carbocycles. The first-order chi connectivity index (χ1) is 11.3. The molecule has 3 aromatic rings. The van der Waals surface area contributed by atoms with Gasteiger partial charge in [-0.1, -0.05) is 17.8 Å². The Balaban J connectivity index is 1.99. The van der Waals surface area contributed by atoms with Gasteiger partial charge in [-0.2, -0.15) is 5.26 Å². The van der Waals surface area contributed by atoms with E-state index in [9.17, 15) is 5.26 Å². The first-order valence-electron chi connectivity index (χ1n) is 6.98. The van der Waals surface area contributed by atoms with Crippen LogP contribution in [0, 0.1) is 11.3 Å². The van der Waals surface area contributed by atoms with E-state index in [1.54, 1.807) is 36.4 Å². The van der Waals surface area contributed by atoms with Crippen molar-refractivity contribution in [3.63, 3.8) is 0 Å². The molecule has 0 aliphatic heterocycles. The molecule has 0 aliphatic rings. The summed E-state index contributed by atoms with van der Waals surface area (Å²) in [6.07, 6.45) is 1.78. The van der Waals surface area contributed by atoms with E-state index in [0.29, 0.717) is 24.5 Å². The molecule has 0 radical (unpaired) electrons. The zero-order valence-corrected chi connectivity index (χ0v) is 14.1. The summed E-state index contributed by atoms with van der Waals surface area (Å²) >= 11 is 3.37. The summed E-state index contributed by atoms with van der Waals surface area (Å²) in [6.45, 7) is 0.880. The third kappa shape index (κ3) is 3.64. The van der Waals surface area contributed by atoms with E-state index < -0.39 is 0 Å². The number of aromatic nitrogens is 1. The van der Waals surface area contributed by atoms with E-state index in [2.05, 4.69) is 17.1 Å². The average molecular weight is 342 g/mol. The van der Waals surface area contributed by atoms with Crippen molar-refractivity contribution >= 4 is 34.0 Å². The van der Waals surface area contributed by atoms with Crippen LogP contribution in [-0.2, 0) is 4.74 Å². The van der Waals surface area contributed by atoms with Gasteiger partial charge < -0.3 is 9.47 Å². The van der Waals surface area contributed by atoms with Crippen molar-refractivity contribution in [1.82, 2.24) is 4.98 Å². The molecule has 0 saturated heterocycles. The highest BCUT2D eigenvalue weighted by Gasteiger charge is 2.11. The fraction of sp³-hybridized carbons (Fsp3) is 0.176. The molecule has 0 atom stereocenters. The number of pyridine rings is 1. The molecule has 2 aromatic heterocycles. The number of rotatable bonds is 6. The molecule has 2 heterocycles. The van der Waals surface area contributed by atoms with Crippen molar-refractivity contribution in [3.05, 3.63) is 47.5 Å². The maximum Gasteiger partial charge on any atom is 0.139 e. The number of hydrogen-bond donors (Lipinski definition) is 0. The SMILES string of the molecule is COCCOc1cc2nccc(Sc3cccs3)c2cc1C#N. The van der Waals surface area contributed by atoms with Gasteiger partial charge in [0.2, 0.25) is 0 Å². The fourth-order valence-electron chi connectivity index (χ4n) is 2.11. The summed E-state index contributed by atoms with van der Waals surface area (Å²) in [7, 11) is 1.62. The molecular formula is C17H14N2O2S2. The van der Waals surface area contributed by atoms with Crippen LogP contribution in [0.5, 0.6) is 5.75 Å². The van der Waals surface area contributed by atoms with Gasteiger partial charge in [0.05, 0.1) is 21.9 Å². The Bertz CT molecular complexity index is 842. The molecule has 0 fully saturated rings. The summed E-state index contributed by atoms with van der Waals surface area (Å²) in [6, 6.07) is 11.9. The largest absolute Gasteiger partial charge is 0.490 e. The van der Waals surface area contributed by atoms with Crippen molar-refractivity contribution in [2.75, 3.05) is 20.3 Å². The Morgan fingerprint density at radius 2 is 2.22 bits per heavy atom. The normalized spacial score (nSPS) is 10.6. The van der Waals surface area contributed by atoms with Crippen LogP contribution in [0.15, 0.2) is 51.0 Å². The zero-order valence-electron chi connectivity index (χ0n) is 12.5. The molecule has 116 valence electrons. The minimum Gasteiger partial charge on any atom is -0.490 e. The van der Waals surface area contributed by atoms with Gasteiger partial charge in [0.25, 0.3) is 0 Å². The summed E-state index contributed by atoms with van der Waals surface area (Å²) < 4.78 is 11.8. The van der Waals surface area contributed by atoms with Crippen LogP contribution in [0.4, 0.5) is 0 Å². The van der Waals surface area contributed by atoms with Crippen molar-refractivity contribution in [2.45, 2.75) is 9.10 Å². The Kier molecular flexibility index (Phi) is 5.13. The molecule has 23 heavy (non-hydrogen) atoms. The highest BCUT2D eigenvalue weighted by atomic mass is 32.2. The number of nitriles is 1. The number of thiophene rings is 1. The lowest BCUT2D eigenvalue weighted by molar-refractivity contribution is 0.146. The van der Waals surface area contributed by atoms with Crippen LogP contribution in [0.3, 0.4) is 0 Å². The molecule has 0 N–H and O–H groups in total. The molecule has 0 unspecified atom stereocenters. The standard InChI is InChI=1S/C17H14N2O2S2/c1-20-6-7-21-15-10-14-13(9-12(15)11-18)16(4-5-19-14)23-17-3-2-8-22-17/h2-5,8-10H,6-7H2,1H3. The lowest BCUT2D eigenvalue weighted by Gasteiger charge is -2.10. The third-order valence-electron chi connectivity index (χ3n) is 3.17. The van der Waals surface area contributed by atoms with Gasteiger partial charge >= 0.3 is 0 Å². The number of hydrogen-bond acceptors (Lipinski definition) is 6. The first kappa shape index (κ1) is 15.8. The lowest BCUT2D eigenvalue weighted by Crippen LogP contribution is -2.05. The van der Waals surface area contributed by atoms with Gasteiger partial charge in [-0.25, -0.2) is 0 Å². The number of fused-ring (bicyclic) bond motifs is 1. The van der Waals surface area contributed by atoms with Crippen LogP contribution in [0.2, 0.25) is 0 Å². The molecule has 4 nitrogen and oxygen atoms in total. The van der Waals surface area contributed by atoms with E-state index in [0.717, 1.165) is 15.8 Å². The van der Waals surface area contributed by atoms with Crippen molar-refractivity contribution in [2.24, 2.45) is 0 Å². The third-order valence-corrected chi connectivity index (χ3v) is 5.29. The van der Waals surface area contributed by atoms with Crippen LogP contribution in [0.1, 0.15) is 5.56 Å². The Hall–Kier alpha value is -2.07. The fourth-order valence-corrected chi connectivity index (χ4v) is 3.95. The predicted molar refractivity (Wildman–Crippen MR) is 92.3 cm³/mol. The monoisotopic (exact) mass is 342 g/mol. The summed E-state index contributed by atoms with van der Waals surface area (Å²) in [5.41, 5.74) is 1.33. The maximum atomic E-state index is 9.40. The second kappa shape index (κ2) is 7.47. The smallest absolute Gasteiger partial charge is 0.139 e. The van der Waals surface area contributed by atoms with E-state index in [1.165, 1.54) is 4.21 Å². The summed E-state index contributed by atoms with van der Waals surface area (Å²) in [4.78, 5) is 5.49. The van der Waals surface area contributed by atoms with Gasteiger partial charge in [0, 0.05) is 29.7 Å². The zero-order chi connectivity index (χ0) is 16.1. The molecule has 6 heteroatoms. The second-order valence-corrected chi connectivity index (χ2v) is 6.95. The Morgan fingerprint density at radius 3 is 2.96 bits per heavy atom. The number of nitrogens with zero attached hydrogens (tertiary/aromatic N) is 2. The van der Waals surface area contributed by atoms with Gasteiger partial charge in [-0.05, 0) is 23.6 Å². The van der Waals surface area contributed by atoms with Gasteiger partial charge in [-0.15, -0.1) is 11.3 Å². The van der Waals surface area contributed by atoms with Crippen molar-refractivity contribution < 1.29 is 9.47 Å². The molecule has 3 rings (SSSR count). The number of ether oxygens (including phenoxy) is 2. The quantitative estimate of drug-likeness (QED) is 0.624. The highest BCUT2D eigenvalue weighted by molar-refractivity contribution is 8.01. The predicted octanol–water partition coefficient (Wildman–Crippen LogP) is 4.34. The van der Waals surface area contributed by atoms with Crippen molar-refractivity contribution in [1.29, 1.82) is 5.26 Å². The molecule has 0 spiro atoms. The van der Waals surface area contributed by atoms with E-state index in [-0.39, 0.29) is 0 Å². The van der Waals surface area contributed by atoms with Crippen LogP contribution in [0.25, 0.3) is 10.9 Å². The van der Waals surface area contributed by atoms with Crippen LogP contribution in [-0.4, -0.2) is 25.3 Å². The number of methoxy groups -OCH3 is 1. The van der Waals surface area contributed by atoms with Crippen LogP contribution < -0.4 is 4.74 Å². The molecular weight excluding hydrogens is 328 g/mol. The Morgan fingerprint density at radius 1 is 1.30 bits per heavy atom. The van der Waals surface area contributed by atoms with Crippen LogP contribution >= 0.6 is 23.1 Å². The van der Waals surface area contributed by atoms with Crippen molar-refractivity contribution in [3.8, 4) is 11.8 Å². The van der Waals surface area contributed by atoms with Gasteiger partial charge in [0.15, 0.2) is 0 Å². The maximum absolute atomic E-state index is 9.40. The molecule has 0 bridgehead atoms. The van der Waals surface area contributed by atoms with E-state index >= 15 is 0 Å². The second-order valence-electron chi connectivity index (χ2n) is 4.66. The van der Waals surface area contributed by atoms with E-state index in [4.69, 9.17) is 9.47 Å². The topological polar surface area (TPSA) is 55.1 Å². The first-order valence-corrected chi connectivity index (χ1v) is 8.67. The lowest BCUT2D eigenvalue weighted by atomic mass is 10.1. The summed E-state index contributed by atoms with van der Waals surface area (Å²) in [5.74, 6) is 0.544. The highest BCUT2D eigenvalue weighted by Crippen LogP contribution is 2.37. The number of benzene rings is 1. The molecule has 0 aliphatic carbocycles. The Labute approximate surface area is 142 Å². The summed E-state index contributed by atoms with van der Waals surface area (Å²) in [5, 5.41) is 12.4. The minimum absolute atomic E-state index is 0.403. The average Bonchev–Trinajstić information content (AvgIpc) is 3.08. The van der Waals surface area contributed by atoms with Gasteiger partial charge in [0.1, 0.15) is 18.4 Å².